The highest BCUT2D eigenvalue weighted by Gasteiger charge is 2.60. The summed E-state index contributed by atoms with van der Waals surface area (Å²) < 4.78 is 19.6. The minimum atomic E-state index is -0.557. The Kier molecular flexibility index (Phi) is 5.17. The Morgan fingerprint density at radius 3 is 2.44 bits per heavy atom. The second-order valence-corrected chi connectivity index (χ2v) is 13.0. The van der Waals surface area contributed by atoms with Crippen LogP contribution in [0.3, 0.4) is 0 Å². The molecule has 0 bridgehead atoms. The van der Waals surface area contributed by atoms with Crippen LogP contribution < -0.4 is 4.74 Å². The zero-order valence-electron chi connectivity index (χ0n) is 24.9. The van der Waals surface area contributed by atoms with E-state index in [-0.39, 0.29) is 11.2 Å². The number of aliphatic imine (C=N–C) groups is 1. The van der Waals surface area contributed by atoms with Gasteiger partial charge in [-0.25, -0.2) is 9.98 Å². The van der Waals surface area contributed by atoms with Gasteiger partial charge in [0.2, 0.25) is 11.8 Å². The van der Waals surface area contributed by atoms with Crippen LogP contribution >= 0.6 is 0 Å². The molecule has 0 radical (unpaired) electrons. The standard InChI is InChI=1S/C37H32N2O4/c1-21-16-22-14-15-31(38-32(22)28(40)17-21)41-30-19-23(18-25-24-10-6-9-13-29(24)42-33(25)30)34-39-37(5)27-12-8-7-11-26(27)35(2,3)20-36(37,4)43-34/h6-19,40H,20H2,1-5H3/t36-,37-/m0/s1. The first-order chi connectivity index (χ1) is 20.5. The molecule has 0 fully saturated rings. The lowest BCUT2D eigenvalue weighted by Crippen LogP contribution is -2.53. The van der Waals surface area contributed by atoms with Gasteiger partial charge in [-0.1, -0.05) is 56.3 Å². The number of fused-ring (bicyclic) bond motifs is 7. The summed E-state index contributed by atoms with van der Waals surface area (Å²) in [5.74, 6) is 1.54. The van der Waals surface area contributed by atoms with Crippen molar-refractivity contribution in [2.75, 3.05) is 0 Å². The summed E-state index contributed by atoms with van der Waals surface area (Å²) in [5.41, 5.74) is 4.97. The molecule has 0 saturated heterocycles. The summed E-state index contributed by atoms with van der Waals surface area (Å²) in [7, 11) is 0. The number of benzene rings is 4. The summed E-state index contributed by atoms with van der Waals surface area (Å²) in [6.07, 6.45) is 0.824. The fourth-order valence-corrected chi connectivity index (χ4v) is 7.28. The SMILES string of the molecule is Cc1cc(O)c2nc(Oc3cc(C4=N[C@@]5(C)c6ccccc6C(C)(C)C[C@]5(C)O4)cc4c3oc3ccccc34)ccc2c1. The van der Waals surface area contributed by atoms with Crippen molar-refractivity contribution in [3.8, 4) is 17.4 Å². The van der Waals surface area contributed by atoms with Crippen molar-refractivity contribution in [2.45, 2.75) is 57.6 Å². The predicted octanol–water partition coefficient (Wildman–Crippen LogP) is 9.07. The second-order valence-electron chi connectivity index (χ2n) is 13.0. The Labute approximate surface area is 249 Å². The van der Waals surface area contributed by atoms with E-state index in [1.807, 2.05) is 55.5 Å². The molecule has 1 aliphatic carbocycles. The fraction of sp³-hybridized carbons (Fsp3) is 0.243. The first kappa shape index (κ1) is 25.8. The molecule has 0 amide bonds. The van der Waals surface area contributed by atoms with Crippen molar-refractivity contribution in [3.05, 3.63) is 107 Å². The van der Waals surface area contributed by atoms with Crippen LogP contribution in [-0.2, 0) is 15.7 Å². The maximum atomic E-state index is 10.6. The summed E-state index contributed by atoms with van der Waals surface area (Å²) in [6, 6.07) is 28.0. The second kappa shape index (κ2) is 8.60. The fourth-order valence-electron chi connectivity index (χ4n) is 7.28. The van der Waals surface area contributed by atoms with Gasteiger partial charge in [0.25, 0.3) is 0 Å². The average Bonchev–Trinajstić information content (AvgIpc) is 3.48. The van der Waals surface area contributed by atoms with E-state index in [1.165, 1.54) is 11.1 Å². The predicted molar refractivity (Wildman–Crippen MR) is 169 cm³/mol. The lowest BCUT2D eigenvalue weighted by Gasteiger charge is -2.49. The number of aryl methyl sites for hydroxylation is 1. The highest BCUT2D eigenvalue weighted by atomic mass is 16.5. The largest absolute Gasteiger partial charge is 0.506 e. The third kappa shape index (κ3) is 3.72. The van der Waals surface area contributed by atoms with E-state index in [1.54, 1.807) is 6.07 Å². The quantitative estimate of drug-likeness (QED) is 0.230. The molecule has 3 heterocycles. The average molecular weight is 569 g/mol. The summed E-state index contributed by atoms with van der Waals surface area (Å²) in [5, 5.41) is 13.3. The Morgan fingerprint density at radius 2 is 1.60 bits per heavy atom. The Morgan fingerprint density at radius 1 is 0.837 bits per heavy atom. The number of aromatic nitrogens is 1. The molecule has 6 nitrogen and oxygen atoms in total. The van der Waals surface area contributed by atoms with Gasteiger partial charge in [0, 0.05) is 27.8 Å². The zero-order valence-corrected chi connectivity index (χ0v) is 24.9. The zero-order chi connectivity index (χ0) is 29.7. The molecule has 0 spiro atoms. The molecule has 0 saturated carbocycles. The van der Waals surface area contributed by atoms with E-state index < -0.39 is 11.1 Å². The van der Waals surface area contributed by atoms with Crippen molar-refractivity contribution in [1.29, 1.82) is 0 Å². The molecule has 0 unspecified atom stereocenters. The van der Waals surface area contributed by atoms with Crippen LogP contribution in [0, 0.1) is 6.92 Å². The molecule has 2 aliphatic rings. The smallest absolute Gasteiger partial charge is 0.220 e. The Hall–Kier alpha value is -4.84. The molecule has 8 rings (SSSR count). The molecular weight excluding hydrogens is 536 g/mol. The van der Waals surface area contributed by atoms with Crippen molar-refractivity contribution in [3.63, 3.8) is 0 Å². The van der Waals surface area contributed by atoms with Crippen molar-refractivity contribution in [2.24, 2.45) is 4.99 Å². The van der Waals surface area contributed by atoms with Crippen molar-refractivity contribution in [1.82, 2.24) is 4.98 Å². The van der Waals surface area contributed by atoms with Gasteiger partial charge in [-0.15, -0.1) is 0 Å². The molecule has 6 heteroatoms. The Balaban J connectivity index is 1.30. The van der Waals surface area contributed by atoms with E-state index in [0.717, 1.165) is 39.3 Å². The van der Waals surface area contributed by atoms with Gasteiger partial charge in [-0.2, -0.15) is 0 Å². The molecule has 1 N–H and O–H groups in total. The van der Waals surface area contributed by atoms with Crippen LogP contribution in [0.5, 0.6) is 17.4 Å². The molecule has 1 aliphatic heterocycles. The van der Waals surface area contributed by atoms with Gasteiger partial charge < -0.3 is 19.0 Å². The minimum absolute atomic E-state index is 0.0688. The summed E-state index contributed by atoms with van der Waals surface area (Å²) >= 11 is 0. The van der Waals surface area contributed by atoms with E-state index in [2.05, 4.69) is 63.0 Å². The van der Waals surface area contributed by atoms with Crippen LogP contribution in [0.2, 0.25) is 0 Å². The number of nitrogens with zero attached hydrogens (tertiary/aromatic N) is 2. The summed E-state index contributed by atoms with van der Waals surface area (Å²) in [6.45, 7) is 10.9. The number of hydrogen-bond donors (Lipinski definition) is 1. The molecular formula is C37H32N2O4. The summed E-state index contributed by atoms with van der Waals surface area (Å²) in [4.78, 5) is 9.98. The highest BCUT2D eigenvalue weighted by molar-refractivity contribution is 6.10. The van der Waals surface area contributed by atoms with Gasteiger partial charge in [0.05, 0.1) is 0 Å². The normalized spacial score (nSPS) is 22.3. The molecule has 43 heavy (non-hydrogen) atoms. The van der Waals surface area contributed by atoms with E-state index in [4.69, 9.17) is 18.9 Å². The van der Waals surface area contributed by atoms with Crippen LogP contribution in [0.1, 0.15) is 56.4 Å². The highest BCUT2D eigenvalue weighted by Crippen LogP contribution is 2.57. The lowest BCUT2D eigenvalue weighted by atomic mass is 9.59. The van der Waals surface area contributed by atoms with Crippen molar-refractivity contribution >= 4 is 38.7 Å². The van der Waals surface area contributed by atoms with E-state index in [9.17, 15) is 5.11 Å². The number of hydrogen-bond acceptors (Lipinski definition) is 6. The Bertz CT molecular complexity index is 2160. The first-order valence-corrected chi connectivity index (χ1v) is 14.7. The molecule has 6 aromatic rings. The first-order valence-electron chi connectivity index (χ1n) is 14.7. The van der Waals surface area contributed by atoms with Crippen LogP contribution in [0.15, 0.2) is 94.3 Å². The van der Waals surface area contributed by atoms with Gasteiger partial charge >= 0.3 is 0 Å². The monoisotopic (exact) mass is 568 g/mol. The number of furan rings is 1. The molecule has 2 atom stereocenters. The van der Waals surface area contributed by atoms with Crippen LogP contribution in [0.25, 0.3) is 32.8 Å². The number of phenolic OH excluding ortho intramolecular Hbond substituents is 1. The maximum Gasteiger partial charge on any atom is 0.220 e. The lowest BCUT2D eigenvalue weighted by molar-refractivity contribution is -0.00574. The van der Waals surface area contributed by atoms with Gasteiger partial charge in [-0.05, 0) is 85.7 Å². The number of pyridine rings is 1. The number of para-hydroxylation sites is 1. The van der Waals surface area contributed by atoms with Gasteiger partial charge in [-0.3, -0.25) is 0 Å². The maximum absolute atomic E-state index is 10.6. The molecule has 4 aromatic carbocycles. The van der Waals surface area contributed by atoms with E-state index in [0.29, 0.717) is 28.6 Å². The topological polar surface area (TPSA) is 77.1 Å². The number of rotatable bonds is 3. The molecule has 2 aromatic heterocycles. The minimum Gasteiger partial charge on any atom is -0.506 e. The van der Waals surface area contributed by atoms with Crippen LogP contribution in [-0.4, -0.2) is 21.6 Å². The van der Waals surface area contributed by atoms with Gasteiger partial charge in [0.1, 0.15) is 28.0 Å². The third-order valence-corrected chi connectivity index (χ3v) is 9.43. The van der Waals surface area contributed by atoms with Crippen LogP contribution in [0.4, 0.5) is 0 Å². The van der Waals surface area contributed by atoms with E-state index >= 15 is 0 Å². The van der Waals surface area contributed by atoms with Crippen molar-refractivity contribution < 1.29 is 19.0 Å². The number of ether oxygens (including phenoxy) is 2. The third-order valence-electron chi connectivity index (χ3n) is 9.43. The number of phenols is 1. The number of aromatic hydroxyl groups is 1. The molecule has 214 valence electrons. The van der Waals surface area contributed by atoms with Gasteiger partial charge in [0.15, 0.2) is 11.3 Å².